The third-order valence-electron chi connectivity index (χ3n) is 10.8. The van der Waals surface area contributed by atoms with E-state index in [1.54, 1.807) is 55.9 Å². The van der Waals surface area contributed by atoms with E-state index in [4.69, 9.17) is 9.47 Å². The lowest BCUT2D eigenvalue weighted by molar-refractivity contribution is -0.136. The minimum absolute atomic E-state index is 0.0789. The van der Waals surface area contributed by atoms with E-state index in [1.807, 2.05) is 36.4 Å². The quantitative estimate of drug-likeness (QED) is 0.0443. The first-order valence-corrected chi connectivity index (χ1v) is 21.8. The number of hydrogen-bond acceptors (Lipinski definition) is 13. The summed E-state index contributed by atoms with van der Waals surface area (Å²) in [6.07, 6.45) is 11.6. The predicted molar refractivity (Wildman–Crippen MR) is 236 cm³/mol. The predicted octanol–water partition coefficient (Wildman–Crippen LogP) is 6.80. The van der Waals surface area contributed by atoms with Crippen molar-refractivity contribution in [3.05, 3.63) is 113 Å². The number of pyridine rings is 1. The van der Waals surface area contributed by atoms with E-state index in [-0.39, 0.29) is 52.7 Å². The molecule has 2 aromatic heterocycles. The number of rotatable bonds is 21. The summed E-state index contributed by atoms with van der Waals surface area (Å²) < 4.78 is 11.3. The van der Waals surface area contributed by atoms with Crippen molar-refractivity contribution in [2.24, 2.45) is 0 Å². The molecule has 4 heterocycles. The van der Waals surface area contributed by atoms with Crippen molar-refractivity contribution in [1.82, 2.24) is 30.7 Å². The smallest absolute Gasteiger partial charge is 0.296 e. The zero-order chi connectivity index (χ0) is 44.1. The maximum atomic E-state index is 13.3. The van der Waals surface area contributed by atoms with Gasteiger partial charge in [-0.25, -0.2) is 0 Å². The highest BCUT2D eigenvalue weighted by molar-refractivity contribution is 7.17. The van der Waals surface area contributed by atoms with Gasteiger partial charge >= 0.3 is 0 Å². The number of carbonyl (C=O) groups is 6. The molecule has 17 heteroatoms. The Kier molecular flexibility index (Phi) is 14.8. The molecular formula is C46H48N8O8S. The van der Waals surface area contributed by atoms with Crippen molar-refractivity contribution < 1.29 is 38.2 Å². The second kappa shape index (κ2) is 21.2. The minimum atomic E-state index is -0.990. The van der Waals surface area contributed by atoms with Crippen LogP contribution in [0.25, 0.3) is 11.1 Å². The normalized spacial score (nSPS) is 14.6. The molecule has 16 nitrogen and oxygen atoms in total. The molecule has 2 aliphatic rings. The number of benzene rings is 3. The summed E-state index contributed by atoms with van der Waals surface area (Å²) in [5.74, 6) is -1.94. The lowest BCUT2D eigenvalue weighted by Crippen LogP contribution is -2.54. The van der Waals surface area contributed by atoms with Crippen LogP contribution in [-0.2, 0) is 16.2 Å². The molecule has 5 aromatic rings. The summed E-state index contributed by atoms with van der Waals surface area (Å²) in [6, 6.07) is 20.3. The maximum Gasteiger partial charge on any atom is 0.296 e. The number of unbranched alkanes of at least 4 members (excludes halogenated alkanes) is 7. The standard InChI is InChI=1S/C46H48N8O8S/c1-61-37-16-9-8-13-31(37)34-27-47-26-23-32(34)41(57)51-45-52-53-46(63-45)62-28-29-17-19-30(20-18-29)40(56)49-25-11-7-5-3-2-4-6-10-24-48-35-15-12-14-33-39(35)44(60)54(43(33)59)36-21-22-38(55)50-42(36)58/h8-9,12-20,23,26-27,36,48H,2-7,10-11,21-22,24-25,28H2,1H3,(H,49,56)(H,50,55,58)(H,51,52,57). The van der Waals surface area contributed by atoms with Crippen LogP contribution in [0.1, 0.15) is 111 Å². The van der Waals surface area contributed by atoms with Crippen molar-refractivity contribution in [3.63, 3.8) is 0 Å². The van der Waals surface area contributed by atoms with Crippen LogP contribution in [0.4, 0.5) is 10.8 Å². The van der Waals surface area contributed by atoms with Gasteiger partial charge in [0.25, 0.3) is 28.8 Å². The van der Waals surface area contributed by atoms with Gasteiger partial charge in [0.05, 0.1) is 23.8 Å². The van der Waals surface area contributed by atoms with Gasteiger partial charge < -0.3 is 20.1 Å². The van der Waals surface area contributed by atoms with Crippen LogP contribution >= 0.6 is 11.3 Å². The number of carbonyl (C=O) groups excluding carboxylic acids is 6. The van der Waals surface area contributed by atoms with E-state index in [9.17, 15) is 28.8 Å². The molecule has 63 heavy (non-hydrogen) atoms. The van der Waals surface area contributed by atoms with E-state index in [2.05, 4.69) is 36.4 Å². The summed E-state index contributed by atoms with van der Waals surface area (Å²) in [5.41, 5.74) is 4.28. The lowest BCUT2D eigenvalue weighted by Gasteiger charge is -2.27. The Balaban J connectivity index is 0.737. The second-order valence-electron chi connectivity index (χ2n) is 15.1. The van der Waals surface area contributed by atoms with Crippen LogP contribution < -0.4 is 30.7 Å². The number of ether oxygens (including phenoxy) is 2. The fourth-order valence-electron chi connectivity index (χ4n) is 7.55. The van der Waals surface area contributed by atoms with Gasteiger partial charge in [0.15, 0.2) is 0 Å². The highest BCUT2D eigenvalue weighted by Crippen LogP contribution is 2.34. The molecule has 0 radical (unpaired) electrons. The lowest BCUT2D eigenvalue weighted by atomic mass is 10.0. The molecule has 2 aliphatic heterocycles. The number of fused-ring (bicyclic) bond motifs is 1. The third-order valence-corrected chi connectivity index (χ3v) is 11.6. The highest BCUT2D eigenvalue weighted by atomic mass is 32.1. The van der Waals surface area contributed by atoms with Gasteiger partial charge in [0.1, 0.15) is 18.4 Å². The molecule has 1 unspecified atom stereocenters. The molecule has 0 aliphatic carbocycles. The van der Waals surface area contributed by atoms with Crippen LogP contribution in [0.5, 0.6) is 10.9 Å². The van der Waals surface area contributed by atoms with Crippen molar-refractivity contribution in [2.75, 3.05) is 30.8 Å². The van der Waals surface area contributed by atoms with E-state index in [0.717, 1.165) is 78.7 Å². The number of para-hydroxylation sites is 1. The first-order valence-electron chi connectivity index (χ1n) is 21.0. The van der Waals surface area contributed by atoms with Crippen molar-refractivity contribution in [1.29, 1.82) is 0 Å². The number of aromatic nitrogens is 3. The van der Waals surface area contributed by atoms with E-state index in [1.165, 1.54) is 0 Å². The van der Waals surface area contributed by atoms with Gasteiger partial charge in [0, 0.05) is 54.3 Å². The molecule has 7 rings (SSSR count). The minimum Gasteiger partial charge on any atom is -0.496 e. The first-order chi connectivity index (χ1) is 30.7. The topological polar surface area (TPSA) is 211 Å². The fraction of sp³-hybridized carbons (Fsp3) is 0.326. The van der Waals surface area contributed by atoms with Gasteiger partial charge in [-0.05, 0) is 72.6 Å². The Bertz CT molecular complexity index is 2470. The van der Waals surface area contributed by atoms with Gasteiger partial charge in [-0.2, -0.15) is 0 Å². The van der Waals surface area contributed by atoms with Gasteiger partial charge in [-0.1, -0.05) is 80.0 Å². The van der Waals surface area contributed by atoms with Crippen molar-refractivity contribution in [2.45, 2.75) is 76.9 Å². The van der Waals surface area contributed by atoms with Crippen LogP contribution in [0, 0.1) is 0 Å². The monoisotopic (exact) mass is 872 g/mol. The summed E-state index contributed by atoms with van der Waals surface area (Å²) in [4.78, 5) is 81.4. The summed E-state index contributed by atoms with van der Waals surface area (Å²) >= 11 is 1.10. The van der Waals surface area contributed by atoms with Crippen LogP contribution in [0.3, 0.4) is 0 Å². The molecular weight excluding hydrogens is 825 g/mol. The number of methoxy groups -OCH3 is 1. The largest absolute Gasteiger partial charge is 0.496 e. The van der Waals surface area contributed by atoms with Gasteiger partial charge in [-0.15, -0.1) is 5.10 Å². The number of nitrogens with zero attached hydrogens (tertiary/aromatic N) is 4. The Morgan fingerprint density at radius 1 is 0.794 bits per heavy atom. The van der Waals surface area contributed by atoms with Crippen molar-refractivity contribution >= 4 is 57.6 Å². The molecule has 4 N–H and O–H groups in total. The number of anilines is 2. The zero-order valence-corrected chi connectivity index (χ0v) is 35.6. The van der Waals surface area contributed by atoms with Crippen LogP contribution in [-0.4, -0.2) is 81.8 Å². The van der Waals surface area contributed by atoms with E-state index >= 15 is 0 Å². The molecule has 0 spiro atoms. The molecule has 6 amide bonds. The number of hydrogen-bond donors (Lipinski definition) is 4. The molecule has 1 atom stereocenters. The average Bonchev–Trinajstić information content (AvgIpc) is 3.86. The zero-order valence-electron chi connectivity index (χ0n) is 34.8. The second-order valence-corrected chi connectivity index (χ2v) is 16.1. The molecule has 1 saturated heterocycles. The summed E-state index contributed by atoms with van der Waals surface area (Å²) in [7, 11) is 1.57. The Labute approximate surface area is 368 Å². The fourth-order valence-corrected chi connectivity index (χ4v) is 8.14. The SMILES string of the molecule is COc1ccccc1-c1cnccc1C(=O)Nc1nnc(OCc2ccc(C(=O)NCCCCCCCCCCNc3cccc4c3C(=O)N(C3CCC(=O)NC3=O)C4=O)cc2)s1. The number of amides is 6. The van der Waals surface area contributed by atoms with Crippen molar-refractivity contribution in [3.8, 4) is 22.1 Å². The molecule has 0 saturated carbocycles. The number of imide groups is 2. The van der Waals surface area contributed by atoms with Gasteiger partial charge in [0.2, 0.25) is 16.9 Å². The van der Waals surface area contributed by atoms with E-state index < -0.39 is 29.7 Å². The molecule has 3 aromatic carbocycles. The summed E-state index contributed by atoms with van der Waals surface area (Å²) in [5, 5.41) is 20.0. The Hall–Kier alpha value is -7.01. The van der Waals surface area contributed by atoms with E-state index in [0.29, 0.717) is 41.2 Å². The number of nitrogens with one attached hydrogen (secondary N) is 4. The van der Waals surface area contributed by atoms with Crippen LogP contribution in [0.2, 0.25) is 0 Å². The molecule has 326 valence electrons. The Morgan fingerprint density at radius 2 is 1.52 bits per heavy atom. The van der Waals surface area contributed by atoms with Gasteiger partial charge in [-0.3, -0.25) is 49.3 Å². The highest BCUT2D eigenvalue weighted by Gasteiger charge is 2.45. The molecule has 0 bridgehead atoms. The third kappa shape index (κ3) is 10.9. The Morgan fingerprint density at radius 3 is 2.29 bits per heavy atom. The molecule has 1 fully saturated rings. The van der Waals surface area contributed by atoms with Crippen LogP contribution in [0.15, 0.2) is 85.2 Å². The maximum absolute atomic E-state index is 13.3. The number of piperidine rings is 1. The first kappa shape index (κ1) is 44.1. The average molecular weight is 873 g/mol. The summed E-state index contributed by atoms with van der Waals surface area (Å²) in [6.45, 7) is 1.44.